The third-order valence-electron chi connectivity index (χ3n) is 4.80. The summed E-state index contributed by atoms with van der Waals surface area (Å²) in [7, 11) is 0. The number of fused-ring (bicyclic) bond motifs is 3. The van der Waals surface area contributed by atoms with E-state index in [9.17, 15) is 4.79 Å². The summed E-state index contributed by atoms with van der Waals surface area (Å²) in [5.41, 5.74) is 2.45. The molecular formula is C14H21NO. The number of ketones is 1. The van der Waals surface area contributed by atoms with Crippen LogP contribution in [0.2, 0.25) is 0 Å². The van der Waals surface area contributed by atoms with E-state index in [0.29, 0.717) is 5.78 Å². The summed E-state index contributed by atoms with van der Waals surface area (Å²) in [5, 5.41) is 0. The van der Waals surface area contributed by atoms with Gasteiger partial charge >= 0.3 is 0 Å². The van der Waals surface area contributed by atoms with Crippen molar-refractivity contribution in [2.75, 3.05) is 6.54 Å². The average Bonchev–Trinajstić information content (AvgIpc) is 2.33. The molecule has 1 saturated heterocycles. The average molecular weight is 219 g/mol. The molecule has 0 aromatic heterocycles. The lowest BCUT2D eigenvalue weighted by molar-refractivity contribution is -0.117. The number of carbonyl (C=O) groups is 1. The first-order chi connectivity index (χ1) is 7.77. The topological polar surface area (TPSA) is 20.3 Å². The lowest BCUT2D eigenvalue weighted by Crippen LogP contribution is -2.48. The van der Waals surface area contributed by atoms with Gasteiger partial charge in [-0.05, 0) is 38.5 Å². The highest BCUT2D eigenvalue weighted by Crippen LogP contribution is 2.41. The van der Waals surface area contributed by atoms with E-state index in [1.807, 2.05) is 6.92 Å². The van der Waals surface area contributed by atoms with Crippen LogP contribution in [-0.4, -0.2) is 23.3 Å². The number of carbonyl (C=O) groups excluding carboxylic acids is 1. The van der Waals surface area contributed by atoms with Crippen LogP contribution in [0.5, 0.6) is 0 Å². The van der Waals surface area contributed by atoms with Crippen LogP contribution in [0.4, 0.5) is 0 Å². The Hall–Kier alpha value is -0.790. The third kappa shape index (κ3) is 1.50. The predicted molar refractivity (Wildman–Crippen MR) is 64.0 cm³/mol. The second-order valence-electron chi connectivity index (χ2n) is 5.59. The second-order valence-corrected chi connectivity index (χ2v) is 5.59. The van der Waals surface area contributed by atoms with Gasteiger partial charge in [0.25, 0.3) is 0 Å². The van der Waals surface area contributed by atoms with E-state index in [4.69, 9.17) is 0 Å². The summed E-state index contributed by atoms with van der Waals surface area (Å²) in [5.74, 6) is 1.30. The fourth-order valence-corrected chi connectivity index (χ4v) is 3.88. The molecule has 2 aliphatic heterocycles. The highest BCUT2D eigenvalue weighted by Gasteiger charge is 2.38. The van der Waals surface area contributed by atoms with Crippen molar-refractivity contribution in [3.63, 3.8) is 0 Å². The van der Waals surface area contributed by atoms with Gasteiger partial charge in [-0.3, -0.25) is 4.79 Å². The number of piperidine rings is 1. The SMILES string of the molecule is CC1=C2CCC3CCCCC3N2CCC1=O. The van der Waals surface area contributed by atoms with Gasteiger partial charge in [-0.15, -0.1) is 0 Å². The first-order valence-electron chi connectivity index (χ1n) is 6.77. The molecule has 0 amide bonds. The van der Waals surface area contributed by atoms with Crippen LogP contribution < -0.4 is 0 Å². The number of hydrogen-bond acceptors (Lipinski definition) is 2. The summed E-state index contributed by atoms with van der Waals surface area (Å²) in [6.07, 6.45) is 8.80. The predicted octanol–water partition coefficient (Wildman–Crippen LogP) is 2.89. The Morgan fingerprint density at radius 1 is 1.12 bits per heavy atom. The molecule has 88 valence electrons. The van der Waals surface area contributed by atoms with E-state index in [0.717, 1.165) is 36.9 Å². The van der Waals surface area contributed by atoms with Crippen molar-refractivity contribution in [1.82, 2.24) is 4.90 Å². The molecule has 0 radical (unpaired) electrons. The summed E-state index contributed by atoms with van der Waals surface area (Å²) < 4.78 is 0. The number of Topliss-reactive ketones (excluding diaryl/α,β-unsaturated/α-hetero) is 1. The molecule has 2 atom stereocenters. The maximum Gasteiger partial charge on any atom is 0.162 e. The molecule has 3 rings (SSSR count). The molecule has 0 aromatic rings. The standard InChI is InChI=1S/C14H21NO/c1-10-12-7-6-11-4-2-3-5-13(11)15(12)9-8-14(10)16/h11,13H,2-9H2,1H3. The van der Waals surface area contributed by atoms with Crippen molar-refractivity contribution in [2.45, 2.75) is 57.9 Å². The lowest BCUT2D eigenvalue weighted by atomic mass is 9.76. The van der Waals surface area contributed by atoms with Crippen LogP contribution in [0.25, 0.3) is 0 Å². The van der Waals surface area contributed by atoms with Crippen LogP contribution in [0, 0.1) is 5.92 Å². The molecule has 0 aromatic carbocycles. The Balaban J connectivity index is 1.90. The summed E-state index contributed by atoms with van der Waals surface area (Å²) in [4.78, 5) is 14.3. The second kappa shape index (κ2) is 3.90. The third-order valence-corrected chi connectivity index (χ3v) is 4.80. The molecule has 3 aliphatic rings. The Morgan fingerprint density at radius 3 is 2.81 bits per heavy atom. The molecule has 0 spiro atoms. The fraction of sp³-hybridized carbons (Fsp3) is 0.786. The monoisotopic (exact) mass is 219 g/mol. The normalized spacial score (nSPS) is 34.8. The maximum atomic E-state index is 11.7. The Kier molecular flexibility index (Phi) is 2.53. The molecule has 1 aliphatic carbocycles. The van der Waals surface area contributed by atoms with E-state index >= 15 is 0 Å². The Morgan fingerprint density at radius 2 is 1.94 bits per heavy atom. The zero-order valence-electron chi connectivity index (χ0n) is 10.2. The number of hydrogen-bond donors (Lipinski definition) is 0. The van der Waals surface area contributed by atoms with Gasteiger partial charge < -0.3 is 4.90 Å². The molecular weight excluding hydrogens is 198 g/mol. The van der Waals surface area contributed by atoms with Gasteiger partial charge in [0.05, 0.1) is 0 Å². The largest absolute Gasteiger partial charge is 0.371 e. The summed E-state index contributed by atoms with van der Waals surface area (Å²) >= 11 is 0. The van der Waals surface area contributed by atoms with Gasteiger partial charge in [0.1, 0.15) is 0 Å². The minimum atomic E-state index is 0.389. The van der Waals surface area contributed by atoms with Crippen LogP contribution in [-0.2, 0) is 4.79 Å². The smallest absolute Gasteiger partial charge is 0.162 e. The fourth-order valence-electron chi connectivity index (χ4n) is 3.88. The highest BCUT2D eigenvalue weighted by atomic mass is 16.1. The molecule has 16 heavy (non-hydrogen) atoms. The zero-order chi connectivity index (χ0) is 11.1. The number of allylic oxidation sites excluding steroid dienone is 2. The Bertz CT molecular complexity index is 345. The van der Waals surface area contributed by atoms with Crippen molar-refractivity contribution in [3.05, 3.63) is 11.3 Å². The molecule has 0 bridgehead atoms. The van der Waals surface area contributed by atoms with Crippen LogP contribution >= 0.6 is 0 Å². The minimum Gasteiger partial charge on any atom is -0.371 e. The van der Waals surface area contributed by atoms with Gasteiger partial charge in [-0.1, -0.05) is 12.8 Å². The van der Waals surface area contributed by atoms with Crippen molar-refractivity contribution >= 4 is 5.78 Å². The maximum absolute atomic E-state index is 11.7. The van der Waals surface area contributed by atoms with E-state index in [1.165, 1.54) is 37.8 Å². The Labute approximate surface area is 97.7 Å². The number of nitrogens with zero attached hydrogens (tertiary/aromatic N) is 1. The van der Waals surface area contributed by atoms with Crippen LogP contribution in [0.3, 0.4) is 0 Å². The lowest BCUT2D eigenvalue weighted by Gasteiger charge is -2.48. The molecule has 2 nitrogen and oxygen atoms in total. The highest BCUT2D eigenvalue weighted by molar-refractivity contribution is 5.96. The van der Waals surface area contributed by atoms with Crippen molar-refractivity contribution in [1.29, 1.82) is 0 Å². The van der Waals surface area contributed by atoms with Crippen molar-refractivity contribution in [3.8, 4) is 0 Å². The first kappa shape index (κ1) is 10.4. The van der Waals surface area contributed by atoms with Gasteiger partial charge in [-0.2, -0.15) is 0 Å². The van der Waals surface area contributed by atoms with Crippen molar-refractivity contribution < 1.29 is 4.79 Å². The molecule has 2 heteroatoms. The minimum absolute atomic E-state index is 0.389. The van der Waals surface area contributed by atoms with E-state index in [2.05, 4.69) is 4.90 Å². The summed E-state index contributed by atoms with van der Waals surface area (Å²) in [6.45, 7) is 3.03. The van der Waals surface area contributed by atoms with E-state index in [-0.39, 0.29) is 0 Å². The molecule has 0 N–H and O–H groups in total. The van der Waals surface area contributed by atoms with Gasteiger partial charge in [0, 0.05) is 30.3 Å². The molecule has 1 saturated carbocycles. The molecule has 2 unspecified atom stereocenters. The summed E-state index contributed by atoms with van der Waals surface area (Å²) in [6, 6.07) is 0.764. The van der Waals surface area contributed by atoms with Gasteiger partial charge in [0.15, 0.2) is 5.78 Å². The first-order valence-corrected chi connectivity index (χ1v) is 6.77. The van der Waals surface area contributed by atoms with Gasteiger partial charge in [0.2, 0.25) is 0 Å². The van der Waals surface area contributed by atoms with Crippen LogP contribution in [0.15, 0.2) is 11.3 Å². The van der Waals surface area contributed by atoms with E-state index in [1.54, 1.807) is 0 Å². The number of rotatable bonds is 0. The van der Waals surface area contributed by atoms with E-state index < -0.39 is 0 Å². The van der Waals surface area contributed by atoms with Crippen LogP contribution in [0.1, 0.15) is 51.9 Å². The quantitative estimate of drug-likeness (QED) is 0.624. The van der Waals surface area contributed by atoms with Gasteiger partial charge in [-0.25, -0.2) is 0 Å². The van der Waals surface area contributed by atoms with Crippen molar-refractivity contribution in [2.24, 2.45) is 5.92 Å². The molecule has 2 fully saturated rings. The molecule has 2 heterocycles. The zero-order valence-corrected chi connectivity index (χ0v) is 10.2.